The topological polar surface area (TPSA) is 72.6 Å². The highest BCUT2D eigenvalue weighted by Gasteiger charge is 2.14. The van der Waals surface area contributed by atoms with Gasteiger partial charge in [-0.3, -0.25) is 5.41 Å². The van der Waals surface area contributed by atoms with Gasteiger partial charge < -0.3 is 5.73 Å². The summed E-state index contributed by atoms with van der Waals surface area (Å²) in [5.41, 5.74) is 5.86. The minimum Gasteiger partial charge on any atom is -0.368 e. The molecule has 5 nitrogen and oxygen atoms in total. The molecular formula is C7H11N5. The van der Waals surface area contributed by atoms with Crippen molar-refractivity contribution in [3.8, 4) is 0 Å². The van der Waals surface area contributed by atoms with Gasteiger partial charge in [0, 0.05) is 0 Å². The third kappa shape index (κ3) is 0.792. The van der Waals surface area contributed by atoms with Crippen LogP contribution in [0.4, 0.5) is 5.95 Å². The molecule has 64 valence electrons. The second kappa shape index (κ2) is 2.23. The first-order chi connectivity index (χ1) is 5.70. The van der Waals surface area contributed by atoms with Crippen molar-refractivity contribution in [2.75, 3.05) is 5.73 Å². The van der Waals surface area contributed by atoms with Gasteiger partial charge in [0.15, 0.2) is 0 Å². The monoisotopic (exact) mass is 165 g/mol. The maximum atomic E-state index is 7.48. The van der Waals surface area contributed by atoms with Crippen LogP contribution in [0.15, 0.2) is 12.2 Å². The lowest BCUT2D eigenvalue weighted by atomic mass is 10.3. The number of anilines is 1. The van der Waals surface area contributed by atoms with Crippen LogP contribution in [0.3, 0.4) is 0 Å². The lowest BCUT2D eigenvalue weighted by Crippen LogP contribution is -2.27. The zero-order valence-corrected chi connectivity index (χ0v) is 6.86. The van der Waals surface area contributed by atoms with Crippen molar-refractivity contribution >= 4 is 5.95 Å². The number of hydrogen-bond acceptors (Lipinski definition) is 3. The zero-order valence-electron chi connectivity index (χ0n) is 6.86. The van der Waals surface area contributed by atoms with E-state index in [9.17, 15) is 0 Å². The number of nitrogen functional groups attached to an aromatic ring is 1. The number of allylic oxidation sites excluding steroid dienone is 2. The van der Waals surface area contributed by atoms with Gasteiger partial charge in [0.25, 0.3) is 0 Å². The van der Waals surface area contributed by atoms with E-state index in [1.54, 1.807) is 4.68 Å². The Labute approximate surface area is 69.6 Å². The van der Waals surface area contributed by atoms with Gasteiger partial charge in [0.05, 0.1) is 12.6 Å². The smallest absolute Gasteiger partial charge is 0.240 e. The summed E-state index contributed by atoms with van der Waals surface area (Å²) in [6.07, 6.45) is 4.07. The fourth-order valence-electron chi connectivity index (χ4n) is 1.49. The summed E-state index contributed by atoms with van der Waals surface area (Å²) in [7, 11) is 0. The van der Waals surface area contributed by atoms with E-state index in [1.165, 1.54) is 0 Å². The first-order valence-electron chi connectivity index (χ1n) is 3.86. The molecule has 2 heterocycles. The standard InChI is InChI=1S/C7H11N5/c1-5-3-2-4-11-6(8)10-7(9)12(5)11/h2-3,5H,4H2,1H3,(H3,8,9,10). The number of fused-ring (bicyclic) bond motifs is 1. The highest BCUT2D eigenvalue weighted by Crippen LogP contribution is 2.13. The average Bonchev–Trinajstić information content (AvgIpc) is 2.29. The number of rotatable bonds is 0. The molecule has 1 aliphatic heterocycles. The molecular weight excluding hydrogens is 154 g/mol. The van der Waals surface area contributed by atoms with E-state index in [1.807, 2.05) is 17.7 Å². The highest BCUT2D eigenvalue weighted by molar-refractivity contribution is 5.17. The second-order valence-electron chi connectivity index (χ2n) is 2.89. The largest absolute Gasteiger partial charge is 0.368 e. The molecule has 1 aromatic heterocycles. The molecule has 1 atom stereocenters. The third-order valence-corrected chi connectivity index (χ3v) is 2.04. The Hall–Kier alpha value is -1.52. The minimum absolute atomic E-state index is 0.199. The van der Waals surface area contributed by atoms with Crippen molar-refractivity contribution in [2.45, 2.75) is 19.5 Å². The van der Waals surface area contributed by atoms with Crippen molar-refractivity contribution in [3.63, 3.8) is 0 Å². The van der Waals surface area contributed by atoms with Crippen LogP contribution in [-0.4, -0.2) is 14.3 Å². The fraction of sp³-hybridized carbons (Fsp3) is 0.429. The maximum Gasteiger partial charge on any atom is 0.240 e. The third-order valence-electron chi connectivity index (χ3n) is 2.04. The van der Waals surface area contributed by atoms with E-state index < -0.39 is 0 Å². The number of nitrogens with zero attached hydrogens (tertiary/aromatic N) is 3. The summed E-state index contributed by atoms with van der Waals surface area (Å²) in [6.45, 7) is 2.71. The Balaban J connectivity index is 2.68. The number of hydrogen-bond donors (Lipinski definition) is 2. The molecule has 2 rings (SSSR count). The fourth-order valence-corrected chi connectivity index (χ4v) is 1.49. The lowest BCUT2D eigenvalue weighted by Gasteiger charge is -2.19. The van der Waals surface area contributed by atoms with E-state index in [2.05, 4.69) is 11.1 Å². The Bertz CT molecular complexity index is 383. The molecule has 0 radical (unpaired) electrons. The maximum absolute atomic E-state index is 7.48. The summed E-state index contributed by atoms with van der Waals surface area (Å²) in [5.74, 6) is 0.414. The molecule has 12 heavy (non-hydrogen) atoms. The van der Waals surface area contributed by atoms with Crippen molar-refractivity contribution in [1.29, 1.82) is 5.41 Å². The summed E-state index contributed by atoms with van der Waals surface area (Å²) in [5, 5.41) is 7.48. The van der Waals surface area contributed by atoms with Gasteiger partial charge in [-0.05, 0) is 6.92 Å². The van der Waals surface area contributed by atoms with Crippen molar-refractivity contribution in [1.82, 2.24) is 14.3 Å². The molecule has 0 aromatic carbocycles. The van der Waals surface area contributed by atoms with Crippen LogP contribution in [0.25, 0.3) is 0 Å². The quantitative estimate of drug-likeness (QED) is 0.526. The van der Waals surface area contributed by atoms with Crippen LogP contribution in [0.5, 0.6) is 0 Å². The molecule has 1 unspecified atom stereocenters. The van der Waals surface area contributed by atoms with E-state index in [-0.39, 0.29) is 11.7 Å². The molecule has 0 saturated carbocycles. The van der Waals surface area contributed by atoms with Gasteiger partial charge in [0.1, 0.15) is 0 Å². The van der Waals surface area contributed by atoms with Gasteiger partial charge >= 0.3 is 0 Å². The van der Waals surface area contributed by atoms with Crippen LogP contribution >= 0.6 is 0 Å². The van der Waals surface area contributed by atoms with Crippen LogP contribution < -0.4 is 11.4 Å². The first kappa shape index (κ1) is 7.15. The molecule has 0 aliphatic carbocycles. The van der Waals surface area contributed by atoms with Crippen LogP contribution in [0.2, 0.25) is 0 Å². The average molecular weight is 165 g/mol. The SMILES string of the molecule is CC1C=CCn2c(=N)nc(N)n21. The van der Waals surface area contributed by atoms with Crippen molar-refractivity contribution in [2.24, 2.45) is 0 Å². The van der Waals surface area contributed by atoms with Gasteiger partial charge in [0.2, 0.25) is 11.6 Å². The van der Waals surface area contributed by atoms with Crippen molar-refractivity contribution in [3.05, 3.63) is 17.8 Å². The van der Waals surface area contributed by atoms with E-state index >= 15 is 0 Å². The van der Waals surface area contributed by atoms with E-state index in [0.29, 0.717) is 12.5 Å². The molecule has 1 aromatic rings. The van der Waals surface area contributed by atoms with Crippen LogP contribution in [0.1, 0.15) is 13.0 Å². The zero-order chi connectivity index (χ0) is 8.72. The molecule has 0 amide bonds. The minimum atomic E-state index is 0.199. The highest BCUT2D eigenvalue weighted by atomic mass is 15.5. The Kier molecular flexibility index (Phi) is 1.33. The Morgan fingerprint density at radius 3 is 3.17 bits per heavy atom. The van der Waals surface area contributed by atoms with Crippen LogP contribution in [0, 0.1) is 5.41 Å². The number of nitrogens with one attached hydrogen (secondary N) is 1. The summed E-state index contributed by atoms with van der Waals surface area (Å²) < 4.78 is 3.57. The number of nitrogens with two attached hydrogens (primary N) is 1. The molecule has 0 saturated heterocycles. The summed E-state index contributed by atoms with van der Waals surface area (Å²) in [4.78, 5) is 3.87. The van der Waals surface area contributed by atoms with Crippen LogP contribution in [-0.2, 0) is 6.54 Å². The summed E-state index contributed by atoms with van der Waals surface area (Å²) in [6, 6.07) is 0.199. The van der Waals surface area contributed by atoms with Crippen molar-refractivity contribution < 1.29 is 0 Å². The van der Waals surface area contributed by atoms with Gasteiger partial charge in [-0.25, -0.2) is 9.36 Å². The molecule has 1 aliphatic rings. The second-order valence-corrected chi connectivity index (χ2v) is 2.89. The molecule has 5 heteroatoms. The first-order valence-corrected chi connectivity index (χ1v) is 3.86. The van der Waals surface area contributed by atoms with Gasteiger partial charge in [-0.1, -0.05) is 12.2 Å². The number of aromatic nitrogens is 3. The van der Waals surface area contributed by atoms with Gasteiger partial charge in [-0.15, -0.1) is 0 Å². The summed E-state index contributed by atoms with van der Waals surface area (Å²) >= 11 is 0. The molecule has 0 fully saturated rings. The predicted octanol–water partition coefficient (Wildman–Crippen LogP) is -0.123. The van der Waals surface area contributed by atoms with E-state index in [0.717, 1.165) is 0 Å². The lowest BCUT2D eigenvalue weighted by molar-refractivity contribution is 0.432. The Morgan fingerprint density at radius 2 is 2.50 bits per heavy atom. The molecule has 3 N–H and O–H groups in total. The molecule has 0 spiro atoms. The van der Waals surface area contributed by atoms with E-state index in [4.69, 9.17) is 11.1 Å². The normalized spacial score (nSPS) is 20.9. The Morgan fingerprint density at radius 1 is 1.75 bits per heavy atom. The predicted molar refractivity (Wildman–Crippen MR) is 44.3 cm³/mol. The van der Waals surface area contributed by atoms with Gasteiger partial charge in [-0.2, -0.15) is 4.98 Å². The molecule has 0 bridgehead atoms.